The van der Waals surface area contributed by atoms with Crippen LogP contribution in [-0.2, 0) is 16.0 Å². The molecule has 142 valence electrons. The van der Waals surface area contributed by atoms with E-state index in [0.29, 0.717) is 12.7 Å². The molecule has 0 spiro atoms. The molecule has 0 amide bonds. The second-order valence-electron chi connectivity index (χ2n) is 5.98. The van der Waals surface area contributed by atoms with Crippen molar-refractivity contribution >= 4 is 41.5 Å². The highest BCUT2D eigenvalue weighted by Crippen LogP contribution is 2.16. The van der Waals surface area contributed by atoms with Crippen molar-refractivity contribution in [2.45, 2.75) is 31.9 Å². The number of hydrogen-bond donors (Lipinski definition) is 1. The fraction of sp³-hybridized carbons (Fsp3) is 0.611. The van der Waals surface area contributed by atoms with E-state index in [1.807, 2.05) is 31.3 Å². The SMILES string of the molecule is CN=C(NCCCOCC1CCCO1)N(C)Cc1ccccc1Cl.I. The van der Waals surface area contributed by atoms with Crippen molar-refractivity contribution in [3.63, 3.8) is 0 Å². The number of guanidine groups is 1. The van der Waals surface area contributed by atoms with Crippen LogP contribution in [0, 0.1) is 0 Å². The smallest absolute Gasteiger partial charge is 0.193 e. The van der Waals surface area contributed by atoms with Crippen molar-refractivity contribution < 1.29 is 9.47 Å². The molecule has 0 aliphatic carbocycles. The van der Waals surface area contributed by atoms with E-state index < -0.39 is 0 Å². The fourth-order valence-corrected chi connectivity index (χ4v) is 2.90. The fourth-order valence-electron chi connectivity index (χ4n) is 2.71. The molecule has 2 rings (SSSR count). The average molecular weight is 482 g/mol. The van der Waals surface area contributed by atoms with Crippen LogP contribution in [0.4, 0.5) is 0 Å². The Morgan fingerprint density at radius 1 is 1.44 bits per heavy atom. The molecule has 1 aliphatic heterocycles. The van der Waals surface area contributed by atoms with Crippen molar-refractivity contribution in [3.05, 3.63) is 34.9 Å². The van der Waals surface area contributed by atoms with E-state index in [1.165, 1.54) is 0 Å². The number of benzene rings is 1. The highest BCUT2D eigenvalue weighted by molar-refractivity contribution is 14.0. The minimum Gasteiger partial charge on any atom is -0.379 e. The van der Waals surface area contributed by atoms with Crippen LogP contribution in [0.25, 0.3) is 0 Å². The summed E-state index contributed by atoms with van der Waals surface area (Å²) in [6, 6.07) is 7.88. The third kappa shape index (κ3) is 8.11. The van der Waals surface area contributed by atoms with E-state index in [4.69, 9.17) is 21.1 Å². The Bertz CT molecular complexity index is 525. The van der Waals surface area contributed by atoms with Gasteiger partial charge < -0.3 is 19.7 Å². The van der Waals surface area contributed by atoms with Crippen LogP contribution in [0.3, 0.4) is 0 Å². The zero-order valence-corrected chi connectivity index (χ0v) is 18.1. The van der Waals surface area contributed by atoms with Gasteiger partial charge in [-0.3, -0.25) is 4.99 Å². The van der Waals surface area contributed by atoms with Crippen molar-refractivity contribution in [3.8, 4) is 0 Å². The Morgan fingerprint density at radius 2 is 2.24 bits per heavy atom. The van der Waals surface area contributed by atoms with Crippen LogP contribution in [0.15, 0.2) is 29.3 Å². The van der Waals surface area contributed by atoms with Gasteiger partial charge >= 0.3 is 0 Å². The molecule has 1 saturated heterocycles. The number of halogens is 2. The summed E-state index contributed by atoms with van der Waals surface area (Å²) in [6.45, 7) is 3.86. The van der Waals surface area contributed by atoms with Gasteiger partial charge in [0, 0.05) is 45.4 Å². The number of aliphatic imine (C=N–C) groups is 1. The number of nitrogens with zero attached hydrogens (tertiary/aromatic N) is 2. The first-order valence-corrected chi connectivity index (χ1v) is 8.93. The Labute approximate surface area is 173 Å². The molecular weight excluding hydrogens is 453 g/mol. The van der Waals surface area contributed by atoms with Crippen LogP contribution >= 0.6 is 35.6 Å². The number of ether oxygens (including phenoxy) is 2. The molecule has 1 unspecified atom stereocenters. The van der Waals surface area contributed by atoms with Crippen LogP contribution in [-0.4, -0.2) is 57.4 Å². The predicted octanol–water partition coefficient (Wildman–Crippen LogP) is 3.55. The molecule has 25 heavy (non-hydrogen) atoms. The molecule has 0 radical (unpaired) electrons. The van der Waals surface area contributed by atoms with Gasteiger partial charge in [0.15, 0.2) is 5.96 Å². The van der Waals surface area contributed by atoms with Crippen molar-refractivity contribution in [2.75, 3.05) is 40.5 Å². The van der Waals surface area contributed by atoms with E-state index in [1.54, 1.807) is 7.05 Å². The van der Waals surface area contributed by atoms with E-state index >= 15 is 0 Å². The van der Waals surface area contributed by atoms with Gasteiger partial charge in [-0.2, -0.15) is 0 Å². The monoisotopic (exact) mass is 481 g/mol. The van der Waals surface area contributed by atoms with Crippen LogP contribution in [0.2, 0.25) is 5.02 Å². The summed E-state index contributed by atoms with van der Waals surface area (Å²) in [5.41, 5.74) is 1.09. The Morgan fingerprint density at radius 3 is 2.92 bits per heavy atom. The van der Waals surface area contributed by atoms with Gasteiger partial charge in [-0.05, 0) is 30.9 Å². The molecule has 5 nitrogen and oxygen atoms in total. The third-order valence-electron chi connectivity index (χ3n) is 4.02. The van der Waals surface area contributed by atoms with E-state index in [2.05, 4.69) is 15.2 Å². The molecule has 1 N–H and O–H groups in total. The van der Waals surface area contributed by atoms with Crippen LogP contribution in [0.5, 0.6) is 0 Å². The minimum absolute atomic E-state index is 0. The van der Waals surface area contributed by atoms with Crippen molar-refractivity contribution in [2.24, 2.45) is 4.99 Å². The first-order chi connectivity index (χ1) is 11.7. The summed E-state index contributed by atoms with van der Waals surface area (Å²) in [5, 5.41) is 4.14. The summed E-state index contributed by atoms with van der Waals surface area (Å²) in [5.74, 6) is 0.856. The summed E-state index contributed by atoms with van der Waals surface area (Å²) in [4.78, 5) is 6.39. The standard InChI is InChI=1S/C18H28ClN3O2.HI/c1-20-18(22(2)13-15-7-3-4-9-17(15)19)21-10-6-11-23-14-16-8-5-12-24-16;/h3-4,7,9,16H,5-6,8,10-14H2,1-2H3,(H,20,21);1H. The summed E-state index contributed by atoms with van der Waals surface area (Å²) < 4.78 is 11.2. The normalized spacial score (nSPS) is 17.2. The molecule has 1 fully saturated rings. The Hall–Kier alpha value is -0.570. The molecule has 0 bridgehead atoms. The molecule has 1 aliphatic rings. The second kappa shape index (κ2) is 12.7. The van der Waals surface area contributed by atoms with Gasteiger partial charge in [0.05, 0.1) is 12.7 Å². The maximum Gasteiger partial charge on any atom is 0.193 e. The molecular formula is C18H29ClIN3O2. The summed E-state index contributed by atoms with van der Waals surface area (Å²) in [7, 11) is 3.80. The van der Waals surface area contributed by atoms with Gasteiger partial charge in [0.1, 0.15) is 0 Å². The van der Waals surface area contributed by atoms with Crippen molar-refractivity contribution in [1.29, 1.82) is 0 Å². The average Bonchev–Trinajstić information content (AvgIpc) is 3.09. The van der Waals surface area contributed by atoms with Gasteiger partial charge in [-0.1, -0.05) is 29.8 Å². The Kier molecular flexibility index (Phi) is 11.4. The van der Waals surface area contributed by atoms with E-state index in [9.17, 15) is 0 Å². The lowest BCUT2D eigenvalue weighted by Crippen LogP contribution is -2.39. The highest BCUT2D eigenvalue weighted by atomic mass is 127. The summed E-state index contributed by atoms with van der Waals surface area (Å²) >= 11 is 6.22. The number of rotatable bonds is 8. The maximum atomic E-state index is 6.22. The first kappa shape index (κ1) is 22.5. The lowest BCUT2D eigenvalue weighted by Gasteiger charge is -2.22. The number of hydrogen-bond acceptors (Lipinski definition) is 3. The lowest BCUT2D eigenvalue weighted by molar-refractivity contribution is 0.0168. The van der Waals surface area contributed by atoms with Gasteiger partial charge in [-0.15, -0.1) is 24.0 Å². The van der Waals surface area contributed by atoms with Gasteiger partial charge in [0.25, 0.3) is 0 Å². The second-order valence-corrected chi connectivity index (χ2v) is 6.39. The maximum absolute atomic E-state index is 6.22. The molecule has 1 heterocycles. The molecule has 1 aromatic rings. The topological polar surface area (TPSA) is 46.1 Å². The zero-order chi connectivity index (χ0) is 17.2. The Balaban J connectivity index is 0.00000312. The largest absolute Gasteiger partial charge is 0.379 e. The summed E-state index contributed by atoms with van der Waals surface area (Å²) in [6.07, 6.45) is 3.51. The molecule has 1 aromatic carbocycles. The van der Waals surface area contributed by atoms with Crippen LogP contribution < -0.4 is 5.32 Å². The molecule has 0 saturated carbocycles. The van der Waals surface area contributed by atoms with Gasteiger partial charge in [0.2, 0.25) is 0 Å². The van der Waals surface area contributed by atoms with Gasteiger partial charge in [-0.25, -0.2) is 0 Å². The third-order valence-corrected chi connectivity index (χ3v) is 4.38. The molecule has 1 atom stereocenters. The van der Waals surface area contributed by atoms with E-state index in [-0.39, 0.29) is 24.0 Å². The molecule has 0 aromatic heterocycles. The predicted molar refractivity (Wildman–Crippen MR) is 114 cm³/mol. The van der Waals surface area contributed by atoms with Crippen molar-refractivity contribution in [1.82, 2.24) is 10.2 Å². The highest BCUT2D eigenvalue weighted by Gasteiger charge is 2.15. The van der Waals surface area contributed by atoms with Crippen LogP contribution in [0.1, 0.15) is 24.8 Å². The quantitative estimate of drug-likeness (QED) is 0.267. The van der Waals surface area contributed by atoms with E-state index in [0.717, 1.165) is 62.1 Å². The molecule has 7 heteroatoms. The lowest BCUT2D eigenvalue weighted by atomic mass is 10.2. The number of nitrogens with one attached hydrogen (secondary N) is 1. The zero-order valence-electron chi connectivity index (χ0n) is 15.0. The minimum atomic E-state index is 0. The first-order valence-electron chi connectivity index (χ1n) is 8.55.